The Morgan fingerprint density at radius 3 is 2.83 bits per heavy atom. The van der Waals surface area contributed by atoms with E-state index in [9.17, 15) is 4.79 Å². The van der Waals surface area contributed by atoms with Gasteiger partial charge in [-0.3, -0.25) is 4.79 Å². The molecule has 1 aliphatic heterocycles. The van der Waals surface area contributed by atoms with Crippen LogP contribution in [0.2, 0.25) is 5.02 Å². The van der Waals surface area contributed by atoms with E-state index in [0.717, 1.165) is 48.9 Å². The molecule has 0 atom stereocenters. The number of rotatable bonds is 3. The van der Waals surface area contributed by atoms with Crippen LogP contribution in [0.5, 0.6) is 0 Å². The predicted octanol–water partition coefficient (Wildman–Crippen LogP) is 3.67. The van der Waals surface area contributed by atoms with Gasteiger partial charge in [0.2, 0.25) is 5.91 Å². The highest BCUT2D eigenvalue weighted by atomic mass is 35.5. The SMILES string of the molecule is Cl.Cl.O=C(Cc1csc(-c2ccccc2Cl)n1)N1CCCNCC1. The van der Waals surface area contributed by atoms with Crippen LogP contribution in [0.25, 0.3) is 10.6 Å². The number of carbonyl (C=O) groups is 1. The molecular formula is C16H20Cl3N3OS. The third-order valence-electron chi connectivity index (χ3n) is 3.68. The van der Waals surface area contributed by atoms with Crippen LogP contribution in [0.4, 0.5) is 0 Å². The highest BCUT2D eigenvalue weighted by Crippen LogP contribution is 2.30. The molecule has 2 heterocycles. The van der Waals surface area contributed by atoms with Gasteiger partial charge in [0.1, 0.15) is 5.01 Å². The van der Waals surface area contributed by atoms with Crippen LogP contribution in [0.15, 0.2) is 29.6 Å². The number of aromatic nitrogens is 1. The van der Waals surface area contributed by atoms with Crippen molar-refractivity contribution in [1.29, 1.82) is 0 Å². The Labute approximate surface area is 163 Å². The lowest BCUT2D eigenvalue weighted by Gasteiger charge is -2.19. The monoisotopic (exact) mass is 407 g/mol. The molecule has 1 saturated heterocycles. The Morgan fingerprint density at radius 2 is 2.04 bits per heavy atom. The van der Waals surface area contributed by atoms with Gasteiger partial charge in [-0.15, -0.1) is 36.2 Å². The largest absolute Gasteiger partial charge is 0.341 e. The minimum absolute atomic E-state index is 0. The van der Waals surface area contributed by atoms with E-state index in [1.807, 2.05) is 34.5 Å². The molecule has 0 radical (unpaired) electrons. The first-order valence-corrected chi connectivity index (χ1v) is 8.67. The number of benzene rings is 1. The Morgan fingerprint density at radius 1 is 1.25 bits per heavy atom. The predicted molar refractivity (Wildman–Crippen MR) is 105 cm³/mol. The van der Waals surface area contributed by atoms with Crippen LogP contribution in [0.3, 0.4) is 0 Å². The van der Waals surface area contributed by atoms with Crippen LogP contribution >= 0.6 is 47.8 Å². The average molecular weight is 409 g/mol. The number of carbonyl (C=O) groups excluding carboxylic acids is 1. The summed E-state index contributed by atoms with van der Waals surface area (Å²) < 4.78 is 0. The first-order chi connectivity index (χ1) is 10.7. The molecule has 24 heavy (non-hydrogen) atoms. The van der Waals surface area contributed by atoms with E-state index in [-0.39, 0.29) is 30.7 Å². The van der Waals surface area contributed by atoms with Crippen LogP contribution < -0.4 is 5.32 Å². The van der Waals surface area contributed by atoms with E-state index >= 15 is 0 Å². The molecule has 8 heteroatoms. The molecule has 1 aliphatic rings. The number of amides is 1. The van der Waals surface area contributed by atoms with Crippen LogP contribution in [-0.4, -0.2) is 42.0 Å². The molecule has 1 aromatic carbocycles. The second kappa shape index (κ2) is 10.2. The van der Waals surface area contributed by atoms with Gasteiger partial charge in [0, 0.05) is 30.6 Å². The Kier molecular flexibility index (Phi) is 9.02. The molecule has 2 aromatic rings. The van der Waals surface area contributed by atoms with Crippen molar-refractivity contribution in [2.24, 2.45) is 0 Å². The lowest BCUT2D eigenvalue weighted by molar-refractivity contribution is -0.130. The molecule has 3 rings (SSSR count). The number of thiazole rings is 1. The van der Waals surface area contributed by atoms with E-state index < -0.39 is 0 Å². The summed E-state index contributed by atoms with van der Waals surface area (Å²) in [5, 5.41) is 6.81. The van der Waals surface area contributed by atoms with Crippen molar-refractivity contribution in [2.45, 2.75) is 12.8 Å². The fraction of sp³-hybridized carbons (Fsp3) is 0.375. The van der Waals surface area contributed by atoms with Crippen molar-refractivity contribution in [3.63, 3.8) is 0 Å². The van der Waals surface area contributed by atoms with Gasteiger partial charge >= 0.3 is 0 Å². The maximum atomic E-state index is 12.4. The van der Waals surface area contributed by atoms with Gasteiger partial charge in [0.15, 0.2) is 0 Å². The average Bonchev–Trinajstić information content (AvgIpc) is 2.81. The summed E-state index contributed by atoms with van der Waals surface area (Å²) in [6, 6.07) is 7.65. The summed E-state index contributed by atoms with van der Waals surface area (Å²) in [6.07, 6.45) is 1.37. The minimum Gasteiger partial charge on any atom is -0.341 e. The molecule has 0 bridgehead atoms. The normalized spacial score (nSPS) is 14.3. The molecule has 1 fully saturated rings. The molecule has 0 saturated carbocycles. The molecule has 0 unspecified atom stereocenters. The molecule has 4 nitrogen and oxygen atoms in total. The quantitative estimate of drug-likeness (QED) is 0.843. The van der Waals surface area contributed by atoms with Crippen molar-refractivity contribution >= 4 is 53.7 Å². The smallest absolute Gasteiger partial charge is 0.228 e. The lowest BCUT2D eigenvalue weighted by atomic mass is 10.2. The summed E-state index contributed by atoms with van der Waals surface area (Å²) in [6.45, 7) is 3.46. The highest BCUT2D eigenvalue weighted by molar-refractivity contribution is 7.13. The third-order valence-corrected chi connectivity index (χ3v) is 4.94. The van der Waals surface area contributed by atoms with Gasteiger partial charge in [-0.1, -0.05) is 29.8 Å². The van der Waals surface area contributed by atoms with E-state index in [1.54, 1.807) is 0 Å². The van der Waals surface area contributed by atoms with E-state index in [1.165, 1.54) is 11.3 Å². The molecule has 1 aromatic heterocycles. The van der Waals surface area contributed by atoms with Gasteiger partial charge in [0.05, 0.1) is 17.1 Å². The highest BCUT2D eigenvalue weighted by Gasteiger charge is 2.17. The van der Waals surface area contributed by atoms with Gasteiger partial charge in [-0.05, 0) is 19.0 Å². The van der Waals surface area contributed by atoms with E-state index in [4.69, 9.17) is 11.6 Å². The second-order valence-electron chi connectivity index (χ2n) is 5.28. The van der Waals surface area contributed by atoms with Crippen molar-refractivity contribution in [3.05, 3.63) is 40.4 Å². The van der Waals surface area contributed by atoms with E-state index in [0.29, 0.717) is 11.4 Å². The minimum atomic E-state index is 0. The zero-order chi connectivity index (χ0) is 15.4. The number of hydrogen-bond acceptors (Lipinski definition) is 4. The van der Waals surface area contributed by atoms with Crippen molar-refractivity contribution in [2.75, 3.05) is 26.2 Å². The maximum absolute atomic E-state index is 12.4. The topological polar surface area (TPSA) is 45.2 Å². The number of nitrogens with one attached hydrogen (secondary N) is 1. The van der Waals surface area contributed by atoms with Crippen LogP contribution in [-0.2, 0) is 11.2 Å². The summed E-state index contributed by atoms with van der Waals surface area (Å²) in [5.41, 5.74) is 1.74. The van der Waals surface area contributed by atoms with Crippen molar-refractivity contribution in [3.8, 4) is 10.6 Å². The maximum Gasteiger partial charge on any atom is 0.228 e. The molecule has 1 N–H and O–H groups in total. The van der Waals surface area contributed by atoms with Crippen molar-refractivity contribution in [1.82, 2.24) is 15.2 Å². The molecule has 132 valence electrons. The number of halogens is 3. The third kappa shape index (κ3) is 5.33. The van der Waals surface area contributed by atoms with Gasteiger partial charge in [-0.25, -0.2) is 4.98 Å². The summed E-state index contributed by atoms with van der Waals surface area (Å²) in [7, 11) is 0. The summed E-state index contributed by atoms with van der Waals surface area (Å²) in [5.74, 6) is 0.153. The zero-order valence-electron chi connectivity index (χ0n) is 13.0. The summed E-state index contributed by atoms with van der Waals surface area (Å²) >= 11 is 7.73. The van der Waals surface area contributed by atoms with Gasteiger partial charge < -0.3 is 10.2 Å². The number of hydrogen-bond donors (Lipinski definition) is 1. The van der Waals surface area contributed by atoms with Crippen LogP contribution in [0, 0.1) is 0 Å². The summed E-state index contributed by atoms with van der Waals surface area (Å²) in [4.78, 5) is 18.9. The van der Waals surface area contributed by atoms with E-state index in [2.05, 4.69) is 10.3 Å². The first-order valence-electron chi connectivity index (χ1n) is 7.42. The molecule has 0 spiro atoms. The molecular weight excluding hydrogens is 389 g/mol. The fourth-order valence-corrected chi connectivity index (χ4v) is 3.65. The molecule has 1 amide bonds. The Balaban J connectivity index is 0.00000144. The molecule has 0 aliphatic carbocycles. The van der Waals surface area contributed by atoms with Crippen molar-refractivity contribution < 1.29 is 4.79 Å². The van der Waals surface area contributed by atoms with Gasteiger partial charge in [-0.2, -0.15) is 0 Å². The zero-order valence-corrected chi connectivity index (χ0v) is 16.2. The Bertz CT molecular complexity index is 658. The van der Waals surface area contributed by atoms with Crippen LogP contribution in [0.1, 0.15) is 12.1 Å². The fourth-order valence-electron chi connectivity index (χ4n) is 2.51. The lowest BCUT2D eigenvalue weighted by Crippen LogP contribution is -2.35. The Hall–Kier alpha value is -0.850. The standard InChI is InChI=1S/C16H18ClN3OS.2ClH/c17-14-5-2-1-4-13(14)16-19-12(11-22-16)10-15(21)20-8-3-6-18-7-9-20;;/h1-2,4-5,11,18H,3,6-10H2;2*1H. The second-order valence-corrected chi connectivity index (χ2v) is 6.55. The first kappa shape index (κ1) is 21.2. The number of nitrogens with zero attached hydrogens (tertiary/aromatic N) is 2. The van der Waals surface area contributed by atoms with Gasteiger partial charge in [0.25, 0.3) is 0 Å².